The molecule has 1 aromatic rings. The first-order valence-electron chi connectivity index (χ1n) is 11.1. The maximum absolute atomic E-state index is 4.94. The van der Waals surface area contributed by atoms with Crippen LogP contribution in [-0.4, -0.2) is 84.7 Å². The quantitative estimate of drug-likeness (QED) is 0.247. The second kappa shape index (κ2) is 13.4. The SMILES string of the molecule is CCNC(=NCCCCN1CCCC(C)C1)N1CCN(Cc2ccon2)CC1.I. The molecule has 1 unspecified atom stereocenters. The fraction of sp³-hybridized carbons (Fsp3) is 0.810. The van der Waals surface area contributed by atoms with E-state index in [-0.39, 0.29) is 24.0 Å². The van der Waals surface area contributed by atoms with Crippen molar-refractivity contribution >= 4 is 29.9 Å². The van der Waals surface area contributed by atoms with Crippen LogP contribution in [0.5, 0.6) is 0 Å². The molecule has 8 heteroatoms. The number of nitrogens with one attached hydrogen (secondary N) is 1. The van der Waals surface area contributed by atoms with E-state index in [9.17, 15) is 0 Å². The number of piperazine rings is 1. The van der Waals surface area contributed by atoms with Crippen LogP contribution in [0.15, 0.2) is 21.8 Å². The Kier molecular flexibility index (Phi) is 11.3. The smallest absolute Gasteiger partial charge is 0.194 e. The van der Waals surface area contributed by atoms with E-state index in [1.165, 1.54) is 45.3 Å². The third-order valence-corrected chi connectivity index (χ3v) is 5.77. The minimum Gasteiger partial charge on any atom is -0.364 e. The molecule has 1 atom stereocenters. The average molecular weight is 518 g/mol. The lowest BCUT2D eigenvalue weighted by Crippen LogP contribution is -2.52. The molecule has 1 aromatic heterocycles. The van der Waals surface area contributed by atoms with Gasteiger partial charge in [-0.15, -0.1) is 24.0 Å². The Labute approximate surface area is 193 Å². The monoisotopic (exact) mass is 518 g/mol. The van der Waals surface area contributed by atoms with Gasteiger partial charge in [0, 0.05) is 58.4 Å². The number of unbranched alkanes of at least 4 members (excludes halogenated alkanes) is 1. The molecule has 7 nitrogen and oxygen atoms in total. The standard InChI is InChI=1S/C21H38N6O.HI/c1-3-22-21(23-9-4-5-10-25-11-6-7-19(2)17-25)27-14-12-26(13-15-27)18-20-8-16-28-24-20;/h8,16,19H,3-7,9-15,17-18H2,1-2H3,(H,22,23);1H. The lowest BCUT2D eigenvalue weighted by molar-refractivity contribution is 0.169. The Morgan fingerprint density at radius 2 is 2.03 bits per heavy atom. The molecular weight excluding hydrogens is 479 g/mol. The van der Waals surface area contributed by atoms with Crippen LogP contribution in [0.1, 0.15) is 45.2 Å². The van der Waals surface area contributed by atoms with Crippen LogP contribution in [0.2, 0.25) is 0 Å². The molecule has 2 aliphatic heterocycles. The van der Waals surface area contributed by atoms with Gasteiger partial charge in [0.05, 0.1) is 5.69 Å². The molecular formula is C21H39IN6O. The number of aromatic nitrogens is 1. The van der Waals surface area contributed by atoms with E-state index in [0.29, 0.717) is 0 Å². The Bertz CT molecular complexity index is 574. The number of aliphatic imine (C=N–C) groups is 1. The summed E-state index contributed by atoms with van der Waals surface area (Å²) in [6.45, 7) is 15.1. The summed E-state index contributed by atoms with van der Waals surface area (Å²) in [4.78, 5) is 12.4. The van der Waals surface area contributed by atoms with Crippen LogP contribution in [0, 0.1) is 5.92 Å². The van der Waals surface area contributed by atoms with E-state index >= 15 is 0 Å². The van der Waals surface area contributed by atoms with Crippen molar-refractivity contribution < 1.29 is 4.52 Å². The minimum absolute atomic E-state index is 0. The normalized spacial score (nSPS) is 21.8. The molecule has 2 fully saturated rings. The van der Waals surface area contributed by atoms with E-state index in [2.05, 4.69) is 39.0 Å². The van der Waals surface area contributed by atoms with E-state index in [1.807, 2.05) is 6.07 Å². The molecule has 0 saturated carbocycles. The molecule has 3 heterocycles. The van der Waals surface area contributed by atoms with Gasteiger partial charge in [-0.3, -0.25) is 9.89 Å². The highest BCUT2D eigenvalue weighted by atomic mass is 127. The van der Waals surface area contributed by atoms with Gasteiger partial charge in [0.2, 0.25) is 0 Å². The van der Waals surface area contributed by atoms with Gasteiger partial charge in [-0.25, -0.2) is 0 Å². The third-order valence-electron chi connectivity index (χ3n) is 5.77. The molecule has 0 spiro atoms. The number of nitrogens with zero attached hydrogens (tertiary/aromatic N) is 5. The number of rotatable bonds is 8. The molecule has 0 aliphatic carbocycles. The summed E-state index contributed by atoms with van der Waals surface area (Å²) >= 11 is 0. The highest BCUT2D eigenvalue weighted by molar-refractivity contribution is 14.0. The van der Waals surface area contributed by atoms with Gasteiger partial charge < -0.3 is 19.6 Å². The molecule has 0 bridgehead atoms. The van der Waals surface area contributed by atoms with Crippen molar-refractivity contribution in [2.24, 2.45) is 10.9 Å². The second-order valence-corrected chi connectivity index (χ2v) is 8.24. The predicted octanol–water partition coefficient (Wildman–Crippen LogP) is 2.89. The van der Waals surface area contributed by atoms with Crippen LogP contribution in [-0.2, 0) is 6.54 Å². The molecule has 2 saturated heterocycles. The molecule has 0 radical (unpaired) electrons. The van der Waals surface area contributed by atoms with Gasteiger partial charge >= 0.3 is 0 Å². The second-order valence-electron chi connectivity index (χ2n) is 8.24. The third kappa shape index (κ3) is 8.41. The zero-order valence-corrected chi connectivity index (χ0v) is 20.5. The lowest BCUT2D eigenvalue weighted by Gasteiger charge is -2.36. The molecule has 0 amide bonds. The first-order chi connectivity index (χ1) is 13.7. The summed E-state index contributed by atoms with van der Waals surface area (Å²) < 4.78 is 4.94. The largest absolute Gasteiger partial charge is 0.364 e. The van der Waals surface area contributed by atoms with Crippen molar-refractivity contribution in [3.8, 4) is 0 Å². The van der Waals surface area contributed by atoms with Gasteiger partial charge in [0.1, 0.15) is 6.26 Å². The lowest BCUT2D eigenvalue weighted by atomic mass is 10.0. The highest BCUT2D eigenvalue weighted by Gasteiger charge is 2.20. The predicted molar refractivity (Wildman–Crippen MR) is 129 cm³/mol. The average Bonchev–Trinajstić information content (AvgIpc) is 3.21. The van der Waals surface area contributed by atoms with Crippen LogP contribution in [0.4, 0.5) is 0 Å². The molecule has 166 valence electrons. The summed E-state index contributed by atoms with van der Waals surface area (Å²) in [7, 11) is 0. The van der Waals surface area contributed by atoms with Gasteiger partial charge in [-0.05, 0) is 51.6 Å². The minimum atomic E-state index is 0. The highest BCUT2D eigenvalue weighted by Crippen LogP contribution is 2.15. The van der Waals surface area contributed by atoms with Gasteiger partial charge in [-0.1, -0.05) is 12.1 Å². The Morgan fingerprint density at radius 3 is 2.72 bits per heavy atom. The van der Waals surface area contributed by atoms with Crippen LogP contribution >= 0.6 is 24.0 Å². The zero-order valence-electron chi connectivity index (χ0n) is 18.2. The van der Waals surface area contributed by atoms with Crippen molar-refractivity contribution in [2.45, 2.75) is 46.1 Å². The molecule has 2 aliphatic rings. The first kappa shape index (κ1) is 24.4. The van der Waals surface area contributed by atoms with Crippen molar-refractivity contribution in [3.63, 3.8) is 0 Å². The topological polar surface area (TPSA) is 60.1 Å². The number of likely N-dealkylation sites (tertiary alicyclic amines) is 1. The Morgan fingerprint density at radius 1 is 1.21 bits per heavy atom. The summed E-state index contributed by atoms with van der Waals surface area (Å²) in [5, 5.41) is 7.50. The van der Waals surface area contributed by atoms with Crippen molar-refractivity contribution in [3.05, 3.63) is 18.0 Å². The van der Waals surface area contributed by atoms with Crippen LogP contribution in [0.25, 0.3) is 0 Å². The van der Waals surface area contributed by atoms with Gasteiger partial charge in [0.15, 0.2) is 5.96 Å². The van der Waals surface area contributed by atoms with Crippen molar-refractivity contribution in [1.29, 1.82) is 0 Å². The van der Waals surface area contributed by atoms with Gasteiger partial charge in [0.25, 0.3) is 0 Å². The molecule has 1 N–H and O–H groups in total. The number of guanidine groups is 1. The van der Waals surface area contributed by atoms with E-state index < -0.39 is 0 Å². The van der Waals surface area contributed by atoms with E-state index in [1.54, 1.807) is 6.26 Å². The fourth-order valence-corrected chi connectivity index (χ4v) is 4.21. The number of hydrogen-bond donors (Lipinski definition) is 1. The first-order valence-corrected chi connectivity index (χ1v) is 11.1. The van der Waals surface area contributed by atoms with Crippen molar-refractivity contribution in [1.82, 2.24) is 25.2 Å². The van der Waals surface area contributed by atoms with Crippen LogP contribution in [0.3, 0.4) is 0 Å². The number of hydrogen-bond acceptors (Lipinski definition) is 5. The molecule has 0 aromatic carbocycles. The van der Waals surface area contributed by atoms with E-state index in [4.69, 9.17) is 9.52 Å². The summed E-state index contributed by atoms with van der Waals surface area (Å²) in [5.74, 6) is 1.95. The summed E-state index contributed by atoms with van der Waals surface area (Å²) in [6, 6.07) is 1.95. The van der Waals surface area contributed by atoms with Crippen LogP contribution < -0.4 is 5.32 Å². The van der Waals surface area contributed by atoms with Crippen molar-refractivity contribution in [2.75, 3.05) is 58.9 Å². The Balaban J connectivity index is 0.00000300. The summed E-state index contributed by atoms with van der Waals surface area (Å²) in [6.07, 6.45) is 6.84. The zero-order chi connectivity index (χ0) is 19.6. The Hall–Kier alpha value is -0.870. The maximum Gasteiger partial charge on any atom is 0.194 e. The number of piperidine rings is 1. The van der Waals surface area contributed by atoms with Gasteiger partial charge in [-0.2, -0.15) is 0 Å². The number of halogens is 1. The summed E-state index contributed by atoms with van der Waals surface area (Å²) in [5.41, 5.74) is 1.01. The molecule has 3 rings (SSSR count). The fourth-order valence-electron chi connectivity index (χ4n) is 4.21. The molecule has 29 heavy (non-hydrogen) atoms. The maximum atomic E-state index is 4.94. The van der Waals surface area contributed by atoms with E-state index in [0.717, 1.165) is 63.4 Å².